The highest BCUT2D eigenvalue weighted by atomic mass is 16.5. The van der Waals surface area contributed by atoms with Crippen LogP contribution in [-0.2, 0) is 13.0 Å². The summed E-state index contributed by atoms with van der Waals surface area (Å²) >= 11 is 0. The monoisotopic (exact) mass is 443 g/mol. The molecular formula is C30H37NO2. The fourth-order valence-corrected chi connectivity index (χ4v) is 5.09. The minimum absolute atomic E-state index is 0.229. The molecule has 0 radical (unpaired) electrons. The van der Waals surface area contributed by atoms with E-state index in [0.29, 0.717) is 18.6 Å². The number of hydrogen-bond acceptors (Lipinski definition) is 3. The Morgan fingerprint density at radius 2 is 1.42 bits per heavy atom. The molecule has 33 heavy (non-hydrogen) atoms. The van der Waals surface area contributed by atoms with E-state index in [-0.39, 0.29) is 12.6 Å². The zero-order valence-electron chi connectivity index (χ0n) is 19.8. The second-order valence-electron chi connectivity index (χ2n) is 9.37. The molecule has 3 heteroatoms. The second-order valence-corrected chi connectivity index (χ2v) is 9.37. The minimum atomic E-state index is 0.229. The zero-order valence-corrected chi connectivity index (χ0v) is 19.8. The van der Waals surface area contributed by atoms with Crippen molar-refractivity contribution in [2.24, 2.45) is 0 Å². The fourth-order valence-electron chi connectivity index (χ4n) is 5.09. The number of aliphatic hydroxyl groups excluding tert-OH is 1. The van der Waals surface area contributed by atoms with E-state index in [1.165, 1.54) is 42.4 Å². The summed E-state index contributed by atoms with van der Waals surface area (Å²) in [6.45, 7) is 0.835. The van der Waals surface area contributed by atoms with Crippen molar-refractivity contribution in [1.82, 2.24) is 4.90 Å². The zero-order chi connectivity index (χ0) is 22.9. The van der Waals surface area contributed by atoms with E-state index in [1.54, 1.807) is 0 Å². The van der Waals surface area contributed by atoms with Crippen LogP contribution in [0.3, 0.4) is 0 Å². The van der Waals surface area contributed by atoms with Crippen LogP contribution in [0.2, 0.25) is 0 Å². The first-order chi connectivity index (χ1) is 16.2. The number of aliphatic hydroxyl groups is 1. The van der Waals surface area contributed by atoms with Gasteiger partial charge in [-0.2, -0.15) is 0 Å². The molecule has 0 amide bonds. The Morgan fingerprint density at radius 1 is 0.818 bits per heavy atom. The molecule has 1 N–H and O–H groups in total. The van der Waals surface area contributed by atoms with E-state index in [4.69, 9.17) is 4.74 Å². The maximum Gasteiger partial charge on any atom is 0.119 e. The molecule has 0 spiro atoms. The Labute approximate surface area is 199 Å². The second kappa shape index (κ2) is 12.0. The maximum absolute atomic E-state index is 10.0. The fraction of sp³-hybridized carbons (Fsp3) is 0.400. The largest absolute Gasteiger partial charge is 0.489 e. The minimum Gasteiger partial charge on any atom is -0.489 e. The van der Waals surface area contributed by atoms with Gasteiger partial charge in [0, 0.05) is 12.1 Å². The Bertz CT molecular complexity index is 934. The van der Waals surface area contributed by atoms with Crippen LogP contribution in [0.5, 0.6) is 5.75 Å². The van der Waals surface area contributed by atoms with E-state index in [2.05, 4.69) is 78.7 Å². The van der Waals surface area contributed by atoms with E-state index in [1.807, 2.05) is 18.2 Å². The quantitative estimate of drug-likeness (QED) is 0.404. The lowest BCUT2D eigenvalue weighted by Crippen LogP contribution is -2.44. The molecule has 1 unspecified atom stereocenters. The lowest BCUT2D eigenvalue weighted by molar-refractivity contribution is 0.0813. The van der Waals surface area contributed by atoms with Crippen LogP contribution in [-0.4, -0.2) is 35.7 Å². The molecule has 4 rings (SSSR count). The Balaban J connectivity index is 1.24. The van der Waals surface area contributed by atoms with Crippen molar-refractivity contribution in [2.75, 3.05) is 13.7 Å². The van der Waals surface area contributed by atoms with Crippen LogP contribution in [0.15, 0.2) is 84.9 Å². The van der Waals surface area contributed by atoms with Gasteiger partial charge in [0.15, 0.2) is 0 Å². The predicted octanol–water partition coefficient (Wildman–Crippen LogP) is 6.22. The van der Waals surface area contributed by atoms with Gasteiger partial charge in [-0.3, -0.25) is 4.90 Å². The topological polar surface area (TPSA) is 32.7 Å². The van der Waals surface area contributed by atoms with Crippen LogP contribution in [0, 0.1) is 0 Å². The van der Waals surface area contributed by atoms with Gasteiger partial charge < -0.3 is 9.84 Å². The first-order valence-electron chi connectivity index (χ1n) is 12.4. The number of likely N-dealkylation sites (N-methyl/N-ethyl adjacent to an activating group) is 1. The molecule has 1 aliphatic carbocycles. The van der Waals surface area contributed by atoms with E-state index in [9.17, 15) is 5.11 Å². The van der Waals surface area contributed by atoms with Gasteiger partial charge in [0.05, 0.1) is 6.61 Å². The highest BCUT2D eigenvalue weighted by Gasteiger charge is 2.28. The van der Waals surface area contributed by atoms with E-state index >= 15 is 0 Å². The first-order valence-corrected chi connectivity index (χ1v) is 12.4. The van der Waals surface area contributed by atoms with Crippen LogP contribution < -0.4 is 4.74 Å². The summed E-state index contributed by atoms with van der Waals surface area (Å²) in [4.78, 5) is 2.44. The lowest BCUT2D eigenvalue weighted by Gasteiger charge is -2.39. The number of hydrogen-bond donors (Lipinski definition) is 1. The summed E-state index contributed by atoms with van der Waals surface area (Å²) in [5, 5.41) is 10.0. The molecule has 174 valence electrons. The van der Waals surface area contributed by atoms with Crippen molar-refractivity contribution >= 4 is 0 Å². The number of benzene rings is 3. The molecule has 1 saturated carbocycles. The Kier molecular flexibility index (Phi) is 8.57. The SMILES string of the molecule is CN(C(CO)CCc1ccccc1)C1CCC(c2ccc(OCc3ccccc3)cc2)CC1. The van der Waals surface area contributed by atoms with Gasteiger partial charge in [-0.05, 0) is 80.3 Å². The van der Waals surface area contributed by atoms with Crippen LogP contribution in [0.4, 0.5) is 0 Å². The van der Waals surface area contributed by atoms with Gasteiger partial charge in [0.1, 0.15) is 12.4 Å². The standard InChI is InChI=1S/C30H37NO2/c1-31(29(22-32)17-12-24-8-4-2-5-9-24)28-18-13-26(14-19-28)27-15-20-30(21-16-27)33-23-25-10-6-3-7-11-25/h2-11,15-16,20-21,26,28-29,32H,12-14,17-19,22-23H2,1H3. The summed E-state index contributed by atoms with van der Waals surface area (Å²) in [6.07, 6.45) is 6.81. The van der Waals surface area contributed by atoms with E-state index in [0.717, 1.165) is 18.6 Å². The average molecular weight is 444 g/mol. The summed E-state index contributed by atoms with van der Waals surface area (Å²) in [5.74, 6) is 1.55. The molecule has 0 aliphatic heterocycles. The van der Waals surface area contributed by atoms with Crippen LogP contribution in [0.1, 0.15) is 54.7 Å². The summed E-state index contributed by atoms with van der Waals surface area (Å²) in [6, 6.07) is 30.4. The third-order valence-corrected chi connectivity index (χ3v) is 7.27. The van der Waals surface area contributed by atoms with Gasteiger partial charge in [0.25, 0.3) is 0 Å². The van der Waals surface area contributed by atoms with Crippen molar-refractivity contribution in [3.05, 3.63) is 102 Å². The Hall–Kier alpha value is -2.62. The summed E-state index contributed by atoms with van der Waals surface area (Å²) in [5.41, 5.74) is 3.96. The van der Waals surface area contributed by atoms with Gasteiger partial charge in [-0.1, -0.05) is 72.8 Å². The molecule has 0 heterocycles. The van der Waals surface area contributed by atoms with Crippen molar-refractivity contribution in [3.8, 4) is 5.75 Å². The normalized spacial score (nSPS) is 19.4. The number of ether oxygens (including phenoxy) is 1. The highest BCUT2D eigenvalue weighted by molar-refractivity contribution is 5.30. The Morgan fingerprint density at radius 3 is 2.03 bits per heavy atom. The predicted molar refractivity (Wildman–Crippen MR) is 136 cm³/mol. The summed E-state index contributed by atoms with van der Waals surface area (Å²) < 4.78 is 5.95. The molecule has 1 atom stereocenters. The van der Waals surface area contributed by atoms with Crippen LogP contribution >= 0.6 is 0 Å². The molecule has 3 aromatic carbocycles. The third kappa shape index (κ3) is 6.69. The van der Waals surface area contributed by atoms with Gasteiger partial charge in [-0.25, -0.2) is 0 Å². The number of nitrogens with zero attached hydrogens (tertiary/aromatic N) is 1. The number of aryl methyl sites for hydroxylation is 1. The van der Waals surface area contributed by atoms with Gasteiger partial charge in [0.2, 0.25) is 0 Å². The average Bonchev–Trinajstić information content (AvgIpc) is 2.89. The molecule has 3 nitrogen and oxygen atoms in total. The molecule has 0 aromatic heterocycles. The summed E-state index contributed by atoms with van der Waals surface area (Å²) in [7, 11) is 2.20. The van der Waals surface area contributed by atoms with Crippen molar-refractivity contribution in [2.45, 2.75) is 63.1 Å². The molecule has 1 aliphatic rings. The third-order valence-electron chi connectivity index (χ3n) is 7.27. The molecule has 3 aromatic rings. The maximum atomic E-state index is 10.0. The molecular weight excluding hydrogens is 406 g/mol. The van der Waals surface area contributed by atoms with Crippen molar-refractivity contribution < 1.29 is 9.84 Å². The van der Waals surface area contributed by atoms with Gasteiger partial charge >= 0.3 is 0 Å². The van der Waals surface area contributed by atoms with Gasteiger partial charge in [-0.15, -0.1) is 0 Å². The van der Waals surface area contributed by atoms with Crippen LogP contribution in [0.25, 0.3) is 0 Å². The number of rotatable bonds is 10. The van der Waals surface area contributed by atoms with E-state index < -0.39 is 0 Å². The van der Waals surface area contributed by atoms with Crippen molar-refractivity contribution in [3.63, 3.8) is 0 Å². The molecule has 0 bridgehead atoms. The smallest absolute Gasteiger partial charge is 0.119 e. The first kappa shape index (κ1) is 23.5. The lowest BCUT2D eigenvalue weighted by atomic mass is 9.81. The molecule has 0 saturated heterocycles. The highest BCUT2D eigenvalue weighted by Crippen LogP contribution is 2.36. The van der Waals surface area contributed by atoms with Crippen molar-refractivity contribution in [1.29, 1.82) is 0 Å². The molecule has 1 fully saturated rings.